The third-order valence-electron chi connectivity index (χ3n) is 5.69. The summed E-state index contributed by atoms with van der Waals surface area (Å²) in [6.45, 7) is -1.03. The van der Waals surface area contributed by atoms with Crippen LogP contribution in [0.3, 0.4) is 0 Å². The molecule has 1 atom stereocenters. The summed E-state index contributed by atoms with van der Waals surface area (Å²) in [6.07, 6.45) is -3.50. The Bertz CT molecular complexity index is 1500. The maximum Gasteiger partial charge on any atom is 0.573 e. The zero-order chi connectivity index (χ0) is 33.4. The van der Waals surface area contributed by atoms with E-state index in [0.717, 1.165) is 62.9 Å². The Morgan fingerprint density at radius 2 is 1.87 bits per heavy atom. The van der Waals surface area contributed by atoms with Crippen molar-refractivity contribution in [3.05, 3.63) is 83.0 Å². The number of rotatable bonds is 14. The van der Waals surface area contributed by atoms with Gasteiger partial charge in [0.05, 0.1) is 25.0 Å². The number of carbonyl (C=O) groups is 2. The second-order valence-electron chi connectivity index (χ2n) is 9.24. The summed E-state index contributed by atoms with van der Waals surface area (Å²) in [6, 6.07) is 4.82. The first kappa shape index (κ1) is 35.3. The number of carbonyl (C=O) groups excluding carboxylic acids is 2. The zero-order valence-electron chi connectivity index (χ0n) is 22.9. The number of hydrogen-bond donors (Lipinski definition) is 4. The summed E-state index contributed by atoms with van der Waals surface area (Å²) in [5.41, 5.74) is 4.84. The third kappa shape index (κ3) is 11.7. The molecule has 1 unspecified atom stereocenters. The van der Waals surface area contributed by atoms with Gasteiger partial charge in [-0.05, 0) is 30.3 Å². The van der Waals surface area contributed by atoms with Crippen LogP contribution in [0.4, 0.5) is 30.7 Å². The molecule has 6 N–H and O–H groups in total. The van der Waals surface area contributed by atoms with Gasteiger partial charge in [0.2, 0.25) is 0 Å². The quantitative estimate of drug-likeness (QED) is 0.0483. The fourth-order valence-electron chi connectivity index (χ4n) is 3.51. The smallest absolute Gasteiger partial charge is 0.406 e. The van der Waals surface area contributed by atoms with Gasteiger partial charge in [-0.2, -0.15) is 8.78 Å². The molecule has 0 aliphatic rings. The molecule has 0 spiro atoms. The van der Waals surface area contributed by atoms with Gasteiger partial charge in [-0.1, -0.05) is 5.21 Å². The Labute approximate surface area is 264 Å². The van der Waals surface area contributed by atoms with Gasteiger partial charge in [0, 0.05) is 65.6 Å². The molecule has 2 aromatic heterocycles. The minimum Gasteiger partial charge on any atom is -0.406 e. The number of amides is 2. The summed E-state index contributed by atoms with van der Waals surface area (Å²) in [4.78, 5) is 28.4. The van der Waals surface area contributed by atoms with Crippen molar-refractivity contribution in [3.8, 4) is 5.75 Å². The lowest BCUT2D eigenvalue weighted by atomic mass is 10.2. The van der Waals surface area contributed by atoms with Gasteiger partial charge in [-0.25, -0.2) is 14.6 Å². The van der Waals surface area contributed by atoms with E-state index in [-0.39, 0.29) is 48.6 Å². The van der Waals surface area contributed by atoms with E-state index in [1.807, 2.05) is 0 Å². The molecule has 20 heteroatoms. The molecule has 2 heterocycles. The first-order valence-electron chi connectivity index (χ1n) is 12.7. The number of nitrogens with one attached hydrogen (secondary N) is 2. The predicted molar refractivity (Wildman–Crippen MR) is 151 cm³/mol. The molecule has 0 fully saturated rings. The van der Waals surface area contributed by atoms with Crippen LogP contribution >= 0.6 is 22.6 Å². The first-order valence-corrected chi connectivity index (χ1v) is 13.7. The highest BCUT2D eigenvalue weighted by Crippen LogP contribution is 2.34. The third-order valence-corrected chi connectivity index (χ3v) is 6.31. The van der Waals surface area contributed by atoms with E-state index >= 15 is 0 Å². The molecule has 0 aliphatic carbocycles. The first-order chi connectivity index (χ1) is 21.0. The highest BCUT2D eigenvalue weighted by molar-refractivity contribution is 14.1. The molecular formula is C25H25F7IN9O3. The molecular weight excluding hydrogens is 734 g/mol. The van der Waals surface area contributed by atoms with Crippen molar-refractivity contribution in [3.63, 3.8) is 0 Å². The van der Waals surface area contributed by atoms with Crippen molar-refractivity contribution in [2.45, 2.75) is 42.5 Å². The van der Waals surface area contributed by atoms with Crippen molar-refractivity contribution in [1.29, 1.82) is 0 Å². The fraction of sp³-hybridized carbons (Fsp3) is 0.320. The van der Waals surface area contributed by atoms with Gasteiger partial charge in [-0.15, -0.1) is 18.3 Å². The number of aromatic nitrogens is 4. The molecule has 12 nitrogen and oxygen atoms in total. The largest absolute Gasteiger partial charge is 0.573 e. The Hall–Kier alpha value is -4.21. The van der Waals surface area contributed by atoms with E-state index in [0.29, 0.717) is 5.69 Å². The monoisotopic (exact) mass is 759 g/mol. The number of benzene rings is 1. The van der Waals surface area contributed by atoms with E-state index in [1.54, 1.807) is 0 Å². The molecule has 0 saturated carbocycles. The normalized spacial score (nSPS) is 12.9. The average molecular weight is 759 g/mol. The van der Waals surface area contributed by atoms with Crippen molar-refractivity contribution in [1.82, 2.24) is 35.6 Å². The lowest BCUT2D eigenvalue weighted by molar-refractivity contribution is -0.274. The van der Waals surface area contributed by atoms with Gasteiger partial charge in [-0.3, -0.25) is 19.3 Å². The summed E-state index contributed by atoms with van der Waals surface area (Å²) >= 11 is 0.966. The number of halogens is 8. The molecule has 0 saturated heterocycles. The van der Waals surface area contributed by atoms with E-state index in [4.69, 9.17) is 11.6 Å². The second kappa shape index (κ2) is 15.2. The minimum absolute atomic E-state index is 0.0459. The zero-order valence-corrected chi connectivity index (χ0v) is 25.0. The summed E-state index contributed by atoms with van der Waals surface area (Å²) in [7, 11) is 0. The molecule has 1 aromatic carbocycles. The van der Waals surface area contributed by atoms with Crippen molar-refractivity contribution in [2.24, 2.45) is 11.6 Å². The maximum absolute atomic E-state index is 14.5. The molecule has 0 radical (unpaired) electrons. The van der Waals surface area contributed by atoms with Gasteiger partial charge < -0.3 is 26.1 Å². The molecule has 0 aliphatic heterocycles. The highest BCUT2D eigenvalue weighted by Gasteiger charge is 2.31. The number of pyridine rings is 1. The predicted octanol–water partition coefficient (Wildman–Crippen LogP) is 3.15. The number of ether oxygens (including phenoxy) is 1. The average Bonchev–Trinajstić information content (AvgIpc) is 3.43. The fourth-order valence-corrected chi connectivity index (χ4v) is 3.83. The molecule has 3 rings (SSSR count). The van der Waals surface area contributed by atoms with Crippen molar-refractivity contribution in [2.75, 3.05) is 6.54 Å². The van der Waals surface area contributed by atoms with Crippen LogP contribution < -0.4 is 26.9 Å². The van der Waals surface area contributed by atoms with Crippen LogP contribution in [0.1, 0.15) is 33.7 Å². The SMILES string of the molecule is N/C(=C\N(N)CC(F)CCn1cc(C(=O)NCc2cc(OC(F)(F)F)ccc2F)nn1)C(=O)NCc1ccc(C(F)(F)I)cn1. The van der Waals surface area contributed by atoms with E-state index in [1.165, 1.54) is 18.3 Å². The number of alkyl halides is 7. The van der Waals surface area contributed by atoms with Crippen LogP contribution in [0.15, 0.2) is 54.6 Å². The lowest BCUT2D eigenvalue weighted by Crippen LogP contribution is -2.36. The van der Waals surface area contributed by atoms with E-state index in [2.05, 4.69) is 30.7 Å². The van der Waals surface area contributed by atoms with Crippen LogP contribution in [-0.2, 0) is 28.4 Å². The van der Waals surface area contributed by atoms with Crippen LogP contribution in [-0.4, -0.2) is 55.9 Å². The number of nitrogens with two attached hydrogens (primary N) is 2. The number of hydrazine groups is 1. The van der Waals surface area contributed by atoms with Gasteiger partial charge in [0.15, 0.2) is 5.69 Å². The van der Waals surface area contributed by atoms with Gasteiger partial charge in [0.25, 0.3) is 11.8 Å². The highest BCUT2D eigenvalue weighted by atomic mass is 127. The van der Waals surface area contributed by atoms with E-state index < -0.39 is 46.4 Å². The number of aryl methyl sites for hydroxylation is 1. The van der Waals surface area contributed by atoms with Crippen LogP contribution in [0.2, 0.25) is 0 Å². The molecule has 45 heavy (non-hydrogen) atoms. The Kier molecular flexibility index (Phi) is 11.9. The second-order valence-corrected chi connectivity index (χ2v) is 10.6. The Balaban J connectivity index is 1.42. The Morgan fingerprint density at radius 3 is 2.51 bits per heavy atom. The van der Waals surface area contributed by atoms with Crippen LogP contribution in [0, 0.1) is 5.82 Å². The standard InChI is InChI=1S/C25H25F7IN9O3/c26-16(11-41(35)12-20(34)22(43)38-10-17-2-1-15(9-36-17)24(28,29)33)5-6-42-13-21(39-40-42)23(44)37-8-14-7-18(3-4-19(14)27)45-25(30,31)32/h1-4,7,9,12-13,16H,5-6,8,10-11,34-35H2,(H,37,44)(H,38,43)/b20-12-. The van der Waals surface area contributed by atoms with Crippen molar-refractivity contribution < 1.29 is 45.1 Å². The molecule has 3 aromatic rings. The lowest BCUT2D eigenvalue weighted by Gasteiger charge is -2.17. The molecule has 2 amide bonds. The topological polar surface area (TPSA) is 166 Å². The van der Waals surface area contributed by atoms with Gasteiger partial charge >= 0.3 is 10.3 Å². The summed E-state index contributed by atoms with van der Waals surface area (Å²) in [5, 5.41) is 12.9. The Morgan fingerprint density at radius 1 is 1.13 bits per heavy atom. The van der Waals surface area contributed by atoms with Gasteiger partial charge in [0.1, 0.15) is 23.4 Å². The number of nitrogens with zero attached hydrogens (tertiary/aromatic N) is 5. The molecule has 0 bridgehead atoms. The summed E-state index contributed by atoms with van der Waals surface area (Å²) in [5.74, 6) is 2.60. The maximum atomic E-state index is 14.5. The van der Waals surface area contributed by atoms with Crippen LogP contribution in [0.5, 0.6) is 5.75 Å². The molecule has 244 valence electrons. The number of hydrogen-bond acceptors (Lipinski definition) is 9. The van der Waals surface area contributed by atoms with Crippen molar-refractivity contribution >= 4 is 34.4 Å². The van der Waals surface area contributed by atoms with E-state index in [9.17, 15) is 40.3 Å². The minimum atomic E-state index is -4.98. The van der Waals surface area contributed by atoms with Crippen LogP contribution in [0.25, 0.3) is 0 Å². The summed E-state index contributed by atoms with van der Waals surface area (Å²) < 4.78 is 94.0.